The molecule has 0 saturated carbocycles. The first-order chi connectivity index (χ1) is 11.8. The minimum atomic E-state index is 0.606. The van der Waals surface area contributed by atoms with Gasteiger partial charge in [0.1, 0.15) is 6.29 Å². The lowest BCUT2D eigenvalue weighted by atomic mass is 10.0. The first kappa shape index (κ1) is 23.6. The van der Waals surface area contributed by atoms with Crippen LogP contribution in [-0.2, 0) is 4.79 Å². The molecule has 0 fully saturated rings. The molecule has 2 nitrogen and oxygen atoms in total. The van der Waals surface area contributed by atoms with Gasteiger partial charge >= 0.3 is 0 Å². The third-order valence-corrected chi connectivity index (χ3v) is 5.11. The van der Waals surface area contributed by atoms with Crippen molar-refractivity contribution in [3.63, 3.8) is 0 Å². The maximum atomic E-state index is 10.5. The Morgan fingerprint density at radius 2 is 0.958 bits per heavy atom. The molecule has 0 aromatic rings. The standard InChI is InChI=1S/C22H45NO/c1-3-5-6-7-8-9-10-11-12-13-14-15-16-17-18-19-20-23(4-2)21-22-24/h22H,3-21H2,1-2H3. The summed E-state index contributed by atoms with van der Waals surface area (Å²) in [5.41, 5.74) is 0. The van der Waals surface area contributed by atoms with Crippen LogP contribution in [0.5, 0.6) is 0 Å². The monoisotopic (exact) mass is 339 g/mol. The second-order valence-corrected chi connectivity index (χ2v) is 7.36. The van der Waals surface area contributed by atoms with Crippen molar-refractivity contribution in [2.45, 2.75) is 117 Å². The Kier molecular flexibility index (Phi) is 20.4. The Balaban J connectivity index is 3.08. The van der Waals surface area contributed by atoms with Crippen LogP contribution >= 0.6 is 0 Å². The molecule has 0 N–H and O–H groups in total. The fourth-order valence-electron chi connectivity index (χ4n) is 3.37. The normalized spacial score (nSPS) is 11.3. The van der Waals surface area contributed by atoms with Crippen LogP contribution in [0.1, 0.15) is 117 Å². The van der Waals surface area contributed by atoms with Gasteiger partial charge in [0, 0.05) is 0 Å². The van der Waals surface area contributed by atoms with Gasteiger partial charge in [-0.05, 0) is 19.5 Å². The molecule has 0 aliphatic rings. The summed E-state index contributed by atoms with van der Waals surface area (Å²) in [6.45, 7) is 7.12. The number of hydrogen-bond acceptors (Lipinski definition) is 2. The Hall–Kier alpha value is -0.370. The number of carbonyl (C=O) groups is 1. The van der Waals surface area contributed by atoms with E-state index in [1.165, 1.54) is 103 Å². The molecule has 0 rings (SSSR count). The first-order valence-electron chi connectivity index (χ1n) is 11.0. The van der Waals surface area contributed by atoms with Crippen molar-refractivity contribution in [1.82, 2.24) is 4.90 Å². The van der Waals surface area contributed by atoms with Crippen LogP contribution in [0, 0.1) is 0 Å². The molecule has 0 aromatic carbocycles. The second-order valence-electron chi connectivity index (χ2n) is 7.36. The van der Waals surface area contributed by atoms with Crippen molar-refractivity contribution in [2.24, 2.45) is 0 Å². The van der Waals surface area contributed by atoms with E-state index in [1.54, 1.807) is 0 Å². The van der Waals surface area contributed by atoms with Gasteiger partial charge in [-0.15, -0.1) is 0 Å². The molecule has 0 spiro atoms. The van der Waals surface area contributed by atoms with Gasteiger partial charge in [-0.2, -0.15) is 0 Å². The van der Waals surface area contributed by atoms with Crippen LogP contribution in [0.15, 0.2) is 0 Å². The summed E-state index contributed by atoms with van der Waals surface area (Å²) in [5.74, 6) is 0. The SMILES string of the molecule is CCCCCCCCCCCCCCCCCCN(CC)CC=O. The Morgan fingerprint density at radius 3 is 1.29 bits per heavy atom. The zero-order chi connectivity index (χ0) is 17.7. The maximum Gasteiger partial charge on any atom is 0.133 e. The number of carbonyl (C=O) groups excluding carboxylic acids is 1. The third kappa shape index (κ3) is 18.0. The van der Waals surface area contributed by atoms with Crippen molar-refractivity contribution in [3.8, 4) is 0 Å². The maximum absolute atomic E-state index is 10.5. The van der Waals surface area contributed by atoms with E-state index in [0.29, 0.717) is 6.54 Å². The zero-order valence-corrected chi connectivity index (χ0v) is 16.9. The predicted octanol–water partition coefficient (Wildman–Crippen LogP) is 6.77. The lowest BCUT2D eigenvalue weighted by molar-refractivity contribution is -0.108. The number of hydrogen-bond donors (Lipinski definition) is 0. The molecule has 0 radical (unpaired) electrons. The lowest BCUT2D eigenvalue weighted by Gasteiger charge is -2.16. The molecular weight excluding hydrogens is 294 g/mol. The number of aldehydes is 1. The number of nitrogens with zero attached hydrogens (tertiary/aromatic N) is 1. The summed E-state index contributed by atoms with van der Waals surface area (Å²) in [5, 5.41) is 0. The average molecular weight is 340 g/mol. The predicted molar refractivity (Wildman–Crippen MR) is 108 cm³/mol. The minimum Gasteiger partial charge on any atom is -0.302 e. The van der Waals surface area contributed by atoms with E-state index in [1.807, 2.05) is 0 Å². The lowest BCUT2D eigenvalue weighted by Crippen LogP contribution is -2.26. The largest absolute Gasteiger partial charge is 0.302 e. The van der Waals surface area contributed by atoms with Crippen molar-refractivity contribution >= 4 is 6.29 Å². The molecule has 2 heteroatoms. The molecule has 0 bridgehead atoms. The highest BCUT2D eigenvalue weighted by atomic mass is 16.1. The second kappa shape index (κ2) is 20.7. The van der Waals surface area contributed by atoms with E-state index >= 15 is 0 Å². The van der Waals surface area contributed by atoms with Crippen molar-refractivity contribution in [2.75, 3.05) is 19.6 Å². The van der Waals surface area contributed by atoms with E-state index in [4.69, 9.17) is 0 Å². The summed E-state index contributed by atoms with van der Waals surface area (Å²) in [4.78, 5) is 12.7. The van der Waals surface area contributed by atoms with Gasteiger partial charge in [-0.1, -0.05) is 110 Å². The van der Waals surface area contributed by atoms with E-state index in [0.717, 1.165) is 19.4 Å². The van der Waals surface area contributed by atoms with Gasteiger partial charge in [-0.25, -0.2) is 0 Å². The van der Waals surface area contributed by atoms with Gasteiger partial charge in [0.2, 0.25) is 0 Å². The van der Waals surface area contributed by atoms with Crippen LogP contribution in [0.2, 0.25) is 0 Å². The molecular formula is C22H45NO. The molecule has 0 aliphatic carbocycles. The number of unbranched alkanes of at least 4 members (excludes halogenated alkanes) is 15. The van der Waals surface area contributed by atoms with E-state index < -0.39 is 0 Å². The number of rotatable bonds is 20. The topological polar surface area (TPSA) is 20.3 Å². The average Bonchev–Trinajstić information content (AvgIpc) is 2.60. The fraction of sp³-hybridized carbons (Fsp3) is 0.955. The van der Waals surface area contributed by atoms with Crippen molar-refractivity contribution < 1.29 is 4.79 Å². The molecule has 0 aliphatic heterocycles. The highest BCUT2D eigenvalue weighted by Crippen LogP contribution is 2.13. The van der Waals surface area contributed by atoms with E-state index in [9.17, 15) is 4.79 Å². The fourth-order valence-corrected chi connectivity index (χ4v) is 3.37. The smallest absolute Gasteiger partial charge is 0.133 e. The molecule has 0 atom stereocenters. The molecule has 0 unspecified atom stereocenters. The zero-order valence-electron chi connectivity index (χ0n) is 16.9. The van der Waals surface area contributed by atoms with Crippen molar-refractivity contribution in [1.29, 1.82) is 0 Å². The van der Waals surface area contributed by atoms with Crippen LogP contribution in [0.25, 0.3) is 0 Å². The highest BCUT2D eigenvalue weighted by Gasteiger charge is 2.00. The molecule has 0 heterocycles. The summed E-state index contributed by atoms with van der Waals surface area (Å²) in [6, 6.07) is 0. The first-order valence-corrected chi connectivity index (χ1v) is 11.0. The van der Waals surface area contributed by atoms with Gasteiger partial charge < -0.3 is 4.79 Å². The third-order valence-electron chi connectivity index (χ3n) is 5.11. The van der Waals surface area contributed by atoms with Gasteiger partial charge in [0.05, 0.1) is 6.54 Å². The molecule has 0 aromatic heterocycles. The molecule has 0 amide bonds. The van der Waals surface area contributed by atoms with Gasteiger partial charge in [-0.3, -0.25) is 4.90 Å². The minimum absolute atomic E-state index is 0.606. The highest BCUT2D eigenvalue weighted by molar-refractivity contribution is 5.51. The quantitative estimate of drug-likeness (QED) is 0.180. The Morgan fingerprint density at radius 1 is 0.583 bits per heavy atom. The summed E-state index contributed by atoms with van der Waals surface area (Å²) >= 11 is 0. The Labute approximate surface area is 152 Å². The van der Waals surface area contributed by atoms with Crippen LogP contribution in [0.3, 0.4) is 0 Å². The van der Waals surface area contributed by atoms with Crippen LogP contribution in [0.4, 0.5) is 0 Å². The van der Waals surface area contributed by atoms with Crippen LogP contribution in [-0.4, -0.2) is 30.8 Å². The molecule has 24 heavy (non-hydrogen) atoms. The van der Waals surface area contributed by atoms with Crippen LogP contribution < -0.4 is 0 Å². The Bertz CT molecular complexity index is 242. The molecule has 144 valence electrons. The summed E-state index contributed by atoms with van der Waals surface area (Å²) < 4.78 is 0. The van der Waals surface area contributed by atoms with E-state index in [-0.39, 0.29) is 0 Å². The molecule has 0 saturated heterocycles. The van der Waals surface area contributed by atoms with Crippen molar-refractivity contribution in [3.05, 3.63) is 0 Å². The van der Waals surface area contributed by atoms with Gasteiger partial charge in [0.15, 0.2) is 0 Å². The summed E-state index contributed by atoms with van der Waals surface area (Å²) in [6.07, 6.45) is 23.6. The van der Waals surface area contributed by atoms with Gasteiger partial charge in [0.25, 0.3) is 0 Å². The number of likely N-dealkylation sites (N-methyl/N-ethyl adjacent to an activating group) is 1. The van der Waals surface area contributed by atoms with E-state index in [2.05, 4.69) is 18.7 Å². The summed E-state index contributed by atoms with van der Waals surface area (Å²) in [7, 11) is 0.